The fraction of sp³-hybridized carbons (Fsp3) is 0.211. The Labute approximate surface area is 164 Å². The minimum atomic E-state index is -3.28. The number of halogens is 6. The van der Waals surface area contributed by atoms with Gasteiger partial charge >= 0.3 is 0 Å². The van der Waals surface area contributed by atoms with E-state index in [4.69, 9.17) is 34.8 Å². The van der Waals surface area contributed by atoms with Gasteiger partial charge in [0.15, 0.2) is 5.78 Å². The van der Waals surface area contributed by atoms with E-state index in [1.165, 1.54) is 43.3 Å². The molecule has 1 unspecified atom stereocenters. The van der Waals surface area contributed by atoms with Gasteiger partial charge in [-0.2, -0.15) is 0 Å². The molecule has 0 aliphatic heterocycles. The van der Waals surface area contributed by atoms with Gasteiger partial charge in [-0.3, -0.25) is 4.79 Å². The zero-order chi connectivity index (χ0) is 19.6. The van der Waals surface area contributed by atoms with Gasteiger partial charge in [0, 0.05) is 18.1 Å². The van der Waals surface area contributed by atoms with E-state index in [-0.39, 0.29) is 32.0 Å². The molecule has 0 saturated heterocycles. The minimum Gasteiger partial charge on any atom is -0.295 e. The second-order valence-corrected chi connectivity index (χ2v) is 7.07. The number of carbonyl (C=O) groups is 1. The Kier molecular flexibility index (Phi) is 6.43. The normalized spacial score (nSPS) is 13.6. The van der Waals surface area contributed by atoms with Crippen LogP contribution in [-0.4, -0.2) is 11.7 Å². The van der Waals surface area contributed by atoms with Gasteiger partial charge in [-0.05, 0) is 30.7 Å². The van der Waals surface area contributed by atoms with Crippen molar-refractivity contribution in [2.45, 2.75) is 25.7 Å². The number of allylic oxidation sites excluding steroid dienone is 1. The van der Waals surface area contributed by atoms with E-state index in [1.807, 2.05) is 0 Å². The van der Waals surface area contributed by atoms with Gasteiger partial charge in [-0.1, -0.05) is 59.1 Å². The molecule has 1 atom stereocenters. The third-order valence-electron chi connectivity index (χ3n) is 3.79. The molecule has 0 amide bonds. The Hall–Kier alpha value is -1.49. The average Bonchev–Trinajstić information content (AvgIpc) is 2.56. The number of rotatable bonds is 5. The molecule has 1 nitrogen and oxygen atoms in total. The molecule has 0 aliphatic carbocycles. The Bertz CT molecular complexity index is 832. The van der Waals surface area contributed by atoms with Gasteiger partial charge < -0.3 is 0 Å². The van der Waals surface area contributed by atoms with E-state index >= 15 is 0 Å². The van der Waals surface area contributed by atoms with Crippen LogP contribution in [0, 0.1) is 0 Å². The highest BCUT2D eigenvalue weighted by atomic mass is 35.5. The molecule has 26 heavy (non-hydrogen) atoms. The Morgan fingerprint density at radius 2 is 1.50 bits per heavy atom. The molecular formula is C19H14Cl3F3O. The van der Waals surface area contributed by atoms with Gasteiger partial charge in [-0.25, -0.2) is 13.2 Å². The SMILES string of the molecule is CC(=O)c1ccc(/C(F)=C/C(c2cc(Cl)c(Cl)c(Cl)c2)C(C)(F)F)cc1. The minimum absolute atomic E-state index is 0.00281. The van der Waals surface area contributed by atoms with Crippen molar-refractivity contribution in [3.63, 3.8) is 0 Å². The average molecular weight is 422 g/mol. The zero-order valence-corrected chi connectivity index (χ0v) is 16.1. The van der Waals surface area contributed by atoms with Crippen molar-refractivity contribution in [2.75, 3.05) is 0 Å². The van der Waals surface area contributed by atoms with Crippen molar-refractivity contribution in [3.05, 3.63) is 74.2 Å². The lowest BCUT2D eigenvalue weighted by Gasteiger charge is -2.22. The second-order valence-electron chi connectivity index (χ2n) is 5.88. The third-order valence-corrected chi connectivity index (χ3v) is 4.99. The Balaban J connectivity index is 2.48. The molecule has 0 bridgehead atoms. The summed E-state index contributed by atoms with van der Waals surface area (Å²) in [4.78, 5) is 11.3. The third kappa shape index (κ3) is 4.81. The predicted octanol–water partition coefficient (Wildman–Crippen LogP) is 7.60. The van der Waals surface area contributed by atoms with Gasteiger partial charge in [0.05, 0.1) is 21.0 Å². The molecule has 2 aromatic carbocycles. The van der Waals surface area contributed by atoms with Crippen molar-refractivity contribution in [3.8, 4) is 0 Å². The molecule has 0 aromatic heterocycles. The summed E-state index contributed by atoms with van der Waals surface area (Å²) < 4.78 is 42.8. The van der Waals surface area contributed by atoms with E-state index in [0.29, 0.717) is 12.5 Å². The second kappa shape index (κ2) is 8.03. The smallest absolute Gasteiger partial charge is 0.255 e. The van der Waals surface area contributed by atoms with Crippen molar-refractivity contribution in [1.29, 1.82) is 0 Å². The lowest BCUT2D eigenvalue weighted by Crippen LogP contribution is -2.21. The number of alkyl halides is 2. The largest absolute Gasteiger partial charge is 0.295 e. The summed E-state index contributed by atoms with van der Waals surface area (Å²) in [7, 11) is 0. The van der Waals surface area contributed by atoms with Crippen LogP contribution in [-0.2, 0) is 0 Å². The van der Waals surface area contributed by atoms with E-state index in [0.717, 1.165) is 6.08 Å². The number of carbonyl (C=O) groups excluding carboxylic acids is 1. The summed E-state index contributed by atoms with van der Waals surface area (Å²) in [5.74, 6) is -5.92. The summed E-state index contributed by atoms with van der Waals surface area (Å²) in [6, 6.07) is 8.05. The molecule has 138 valence electrons. The molecule has 2 rings (SSSR count). The lowest BCUT2D eigenvalue weighted by molar-refractivity contribution is 0.00669. The highest BCUT2D eigenvalue weighted by Crippen LogP contribution is 2.41. The van der Waals surface area contributed by atoms with Crippen molar-refractivity contribution < 1.29 is 18.0 Å². The summed E-state index contributed by atoms with van der Waals surface area (Å²) in [6.45, 7) is 2.06. The predicted molar refractivity (Wildman–Crippen MR) is 100 cm³/mol. The number of benzene rings is 2. The fourth-order valence-electron chi connectivity index (χ4n) is 2.40. The molecule has 0 saturated carbocycles. The first-order valence-electron chi connectivity index (χ1n) is 7.51. The first-order chi connectivity index (χ1) is 12.0. The number of ketones is 1. The van der Waals surface area contributed by atoms with E-state index < -0.39 is 17.7 Å². The summed E-state index contributed by atoms with van der Waals surface area (Å²) in [5.41, 5.74) is 0.512. The van der Waals surface area contributed by atoms with Crippen LogP contribution in [0.4, 0.5) is 13.2 Å². The van der Waals surface area contributed by atoms with Gasteiger partial charge in [-0.15, -0.1) is 0 Å². The molecule has 0 spiro atoms. The summed E-state index contributed by atoms with van der Waals surface area (Å²) >= 11 is 17.7. The van der Waals surface area contributed by atoms with Crippen molar-refractivity contribution >= 4 is 46.4 Å². The molecule has 0 fully saturated rings. The van der Waals surface area contributed by atoms with Crippen LogP contribution in [0.15, 0.2) is 42.5 Å². The number of hydrogen-bond acceptors (Lipinski definition) is 1. The van der Waals surface area contributed by atoms with Gasteiger partial charge in [0.2, 0.25) is 0 Å². The van der Waals surface area contributed by atoms with Crippen LogP contribution < -0.4 is 0 Å². The van der Waals surface area contributed by atoms with E-state index in [2.05, 4.69) is 0 Å². The summed E-state index contributed by atoms with van der Waals surface area (Å²) in [5, 5.41) is 0.0468. The first kappa shape index (κ1) is 20.8. The summed E-state index contributed by atoms with van der Waals surface area (Å²) in [6.07, 6.45) is 0.804. The fourth-order valence-corrected chi connectivity index (χ4v) is 3.01. The maximum Gasteiger partial charge on any atom is 0.255 e. The number of Topliss-reactive ketones (excluding diaryl/α,β-unsaturated/α-hetero) is 1. The molecule has 0 radical (unpaired) electrons. The maximum absolute atomic E-state index is 14.6. The monoisotopic (exact) mass is 420 g/mol. The lowest BCUT2D eigenvalue weighted by atomic mass is 9.92. The standard InChI is InChI=1S/C19H14Cl3F3O/c1-10(26)11-3-5-12(6-4-11)17(23)9-14(19(2,24)25)13-7-15(20)18(22)16(21)8-13/h3-9,14H,1-2H3/b17-9-. The molecular weight excluding hydrogens is 408 g/mol. The van der Waals surface area contributed by atoms with Crippen molar-refractivity contribution in [1.82, 2.24) is 0 Å². The molecule has 7 heteroatoms. The van der Waals surface area contributed by atoms with Crippen LogP contribution in [0.5, 0.6) is 0 Å². The highest BCUT2D eigenvalue weighted by Gasteiger charge is 2.35. The van der Waals surface area contributed by atoms with Crippen molar-refractivity contribution in [2.24, 2.45) is 0 Å². The molecule has 0 aliphatic rings. The van der Waals surface area contributed by atoms with E-state index in [1.54, 1.807) is 0 Å². The Morgan fingerprint density at radius 1 is 1.04 bits per heavy atom. The highest BCUT2D eigenvalue weighted by molar-refractivity contribution is 6.48. The molecule has 2 aromatic rings. The van der Waals surface area contributed by atoms with Crippen LogP contribution in [0.1, 0.15) is 41.3 Å². The van der Waals surface area contributed by atoms with Gasteiger partial charge in [0.25, 0.3) is 5.92 Å². The maximum atomic E-state index is 14.6. The first-order valence-corrected chi connectivity index (χ1v) is 8.65. The van der Waals surface area contributed by atoms with Crippen LogP contribution in [0.2, 0.25) is 15.1 Å². The topological polar surface area (TPSA) is 17.1 Å². The van der Waals surface area contributed by atoms with Crippen LogP contribution >= 0.6 is 34.8 Å². The van der Waals surface area contributed by atoms with Crippen LogP contribution in [0.3, 0.4) is 0 Å². The van der Waals surface area contributed by atoms with Crippen LogP contribution in [0.25, 0.3) is 5.83 Å². The quantitative estimate of drug-likeness (QED) is 0.359. The number of hydrogen-bond donors (Lipinski definition) is 0. The van der Waals surface area contributed by atoms with Gasteiger partial charge in [0.1, 0.15) is 5.83 Å². The van der Waals surface area contributed by atoms with E-state index in [9.17, 15) is 18.0 Å². The Morgan fingerprint density at radius 3 is 1.92 bits per heavy atom. The molecule has 0 heterocycles. The molecule has 0 N–H and O–H groups in total. The zero-order valence-electron chi connectivity index (χ0n) is 13.8.